The highest BCUT2D eigenvalue weighted by Gasteiger charge is 2.30. The molecule has 1 aromatic carbocycles. The first kappa shape index (κ1) is 27.6. The molecule has 2 amide bonds. The molecule has 0 aliphatic heterocycles. The molecule has 35 heavy (non-hydrogen) atoms. The van der Waals surface area contributed by atoms with Gasteiger partial charge in [0.15, 0.2) is 5.69 Å². The van der Waals surface area contributed by atoms with Crippen molar-refractivity contribution >= 4 is 29.0 Å². The minimum absolute atomic E-state index is 0.0192. The molecule has 13 heteroatoms. The molecule has 0 aliphatic rings. The molecule has 4 N–H and O–H groups in total. The number of nitrogens with two attached hydrogens (primary N) is 1. The normalized spacial score (nSPS) is 11.5. The van der Waals surface area contributed by atoms with Crippen molar-refractivity contribution in [1.29, 1.82) is 0 Å². The molecule has 1 aromatic heterocycles. The molecular formula is C22H28F3N5O5. The SMILES string of the molecule is COCCN(C(=O)CCC(=O)Nc1ccc(C(F)(F)F)cc1)c1c(N)n(CC(C)C)c(=O)[nH]c1=O. The van der Waals surface area contributed by atoms with Gasteiger partial charge in [-0.15, -0.1) is 0 Å². The van der Waals surface area contributed by atoms with Gasteiger partial charge in [-0.2, -0.15) is 13.2 Å². The van der Waals surface area contributed by atoms with Crippen molar-refractivity contribution in [3.8, 4) is 0 Å². The highest BCUT2D eigenvalue weighted by atomic mass is 19.4. The van der Waals surface area contributed by atoms with E-state index >= 15 is 0 Å². The Morgan fingerprint density at radius 1 is 1.17 bits per heavy atom. The number of carbonyl (C=O) groups excluding carboxylic acids is 2. The number of rotatable bonds is 10. The van der Waals surface area contributed by atoms with Crippen LogP contribution >= 0.6 is 0 Å². The largest absolute Gasteiger partial charge is 0.416 e. The lowest BCUT2D eigenvalue weighted by atomic mass is 10.2. The van der Waals surface area contributed by atoms with Crippen LogP contribution in [0.15, 0.2) is 33.9 Å². The third-order valence-corrected chi connectivity index (χ3v) is 4.91. The number of anilines is 3. The predicted octanol–water partition coefficient (Wildman–Crippen LogP) is 2.19. The van der Waals surface area contributed by atoms with E-state index in [-0.39, 0.29) is 55.6 Å². The van der Waals surface area contributed by atoms with Gasteiger partial charge < -0.3 is 20.7 Å². The Hall–Kier alpha value is -3.61. The van der Waals surface area contributed by atoms with Crippen LogP contribution in [0.4, 0.5) is 30.4 Å². The summed E-state index contributed by atoms with van der Waals surface area (Å²) >= 11 is 0. The number of nitrogens with one attached hydrogen (secondary N) is 2. The number of benzene rings is 1. The summed E-state index contributed by atoms with van der Waals surface area (Å²) in [6, 6.07) is 3.86. The number of aromatic nitrogens is 2. The highest BCUT2D eigenvalue weighted by molar-refractivity contribution is 5.99. The first-order valence-corrected chi connectivity index (χ1v) is 10.7. The van der Waals surface area contributed by atoms with E-state index in [0.717, 1.165) is 33.7 Å². The number of nitrogens with zero attached hydrogens (tertiary/aromatic N) is 2. The zero-order valence-corrected chi connectivity index (χ0v) is 19.6. The van der Waals surface area contributed by atoms with Gasteiger partial charge in [-0.05, 0) is 30.2 Å². The Bertz CT molecular complexity index is 1160. The number of ether oxygens (including phenoxy) is 1. The molecule has 0 saturated carbocycles. The molecule has 0 fully saturated rings. The van der Waals surface area contributed by atoms with Crippen LogP contribution in [0.5, 0.6) is 0 Å². The molecule has 2 aromatic rings. The zero-order valence-electron chi connectivity index (χ0n) is 19.6. The molecule has 1 heterocycles. The number of aromatic amines is 1. The first-order chi connectivity index (χ1) is 16.3. The minimum atomic E-state index is -4.50. The van der Waals surface area contributed by atoms with Crippen molar-refractivity contribution in [2.45, 2.75) is 39.4 Å². The van der Waals surface area contributed by atoms with Crippen LogP contribution in [-0.2, 0) is 27.0 Å². The zero-order chi connectivity index (χ0) is 26.3. The van der Waals surface area contributed by atoms with Crippen molar-refractivity contribution in [2.24, 2.45) is 5.92 Å². The summed E-state index contributed by atoms with van der Waals surface area (Å²) < 4.78 is 44.2. The van der Waals surface area contributed by atoms with Gasteiger partial charge in [-0.25, -0.2) is 4.79 Å². The van der Waals surface area contributed by atoms with Crippen LogP contribution in [0.25, 0.3) is 0 Å². The van der Waals surface area contributed by atoms with Gasteiger partial charge >= 0.3 is 11.9 Å². The monoisotopic (exact) mass is 499 g/mol. The Morgan fingerprint density at radius 3 is 2.34 bits per heavy atom. The van der Waals surface area contributed by atoms with Gasteiger partial charge in [0.05, 0.1) is 12.2 Å². The fraction of sp³-hybridized carbons (Fsp3) is 0.455. The van der Waals surface area contributed by atoms with E-state index in [2.05, 4.69) is 10.3 Å². The average Bonchev–Trinajstić information content (AvgIpc) is 2.76. The second-order valence-corrected chi connectivity index (χ2v) is 8.16. The average molecular weight is 499 g/mol. The second-order valence-electron chi connectivity index (χ2n) is 8.16. The fourth-order valence-corrected chi connectivity index (χ4v) is 3.25. The van der Waals surface area contributed by atoms with Crippen molar-refractivity contribution in [3.63, 3.8) is 0 Å². The lowest BCUT2D eigenvalue weighted by Crippen LogP contribution is -2.43. The lowest BCUT2D eigenvalue weighted by molar-refractivity contribution is -0.137. The summed E-state index contributed by atoms with van der Waals surface area (Å²) in [4.78, 5) is 53.2. The van der Waals surface area contributed by atoms with Gasteiger partial charge in [-0.3, -0.25) is 23.9 Å². The van der Waals surface area contributed by atoms with Gasteiger partial charge in [0.25, 0.3) is 5.56 Å². The Balaban J connectivity index is 2.18. The number of methoxy groups -OCH3 is 1. The molecule has 192 valence electrons. The van der Waals surface area contributed by atoms with Crippen LogP contribution in [0.1, 0.15) is 32.3 Å². The Labute approximate surface area is 198 Å². The third-order valence-electron chi connectivity index (χ3n) is 4.91. The number of halogens is 3. The molecule has 2 rings (SSSR count). The number of H-pyrrole nitrogens is 1. The summed E-state index contributed by atoms with van der Waals surface area (Å²) in [5.74, 6) is -1.41. The molecule has 0 spiro atoms. The molecule has 0 aliphatic carbocycles. The smallest absolute Gasteiger partial charge is 0.383 e. The highest BCUT2D eigenvalue weighted by Crippen LogP contribution is 2.29. The van der Waals surface area contributed by atoms with E-state index in [4.69, 9.17) is 10.5 Å². The quantitative estimate of drug-likeness (QED) is 0.458. The summed E-state index contributed by atoms with van der Waals surface area (Å²) in [6.07, 6.45) is -5.15. The van der Waals surface area contributed by atoms with Crippen molar-refractivity contribution in [3.05, 3.63) is 50.7 Å². The maximum atomic E-state index is 13.0. The van der Waals surface area contributed by atoms with Gasteiger partial charge in [0.1, 0.15) is 5.82 Å². The van der Waals surface area contributed by atoms with Crippen LogP contribution in [0.2, 0.25) is 0 Å². The summed E-state index contributed by atoms with van der Waals surface area (Å²) in [5.41, 5.74) is 3.58. The fourth-order valence-electron chi connectivity index (χ4n) is 3.25. The number of hydrogen-bond donors (Lipinski definition) is 3. The lowest BCUT2D eigenvalue weighted by Gasteiger charge is -2.24. The van der Waals surface area contributed by atoms with Crippen LogP contribution < -0.4 is 27.2 Å². The number of amides is 2. The van der Waals surface area contributed by atoms with E-state index in [9.17, 15) is 32.3 Å². The van der Waals surface area contributed by atoms with Crippen LogP contribution in [-0.4, -0.2) is 41.6 Å². The number of hydrogen-bond acceptors (Lipinski definition) is 6. The van der Waals surface area contributed by atoms with E-state index in [1.807, 2.05) is 13.8 Å². The molecule has 10 nitrogen and oxygen atoms in total. The minimum Gasteiger partial charge on any atom is -0.383 e. The van der Waals surface area contributed by atoms with Crippen LogP contribution in [0.3, 0.4) is 0 Å². The van der Waals surface area contributed by atoms with Crippen LogP contribution in [0, 0.1) is 5.92 Å². The van der Waals surface area contributed by atoms with E-state index in [1.165, 1.54) is 7.11 Å². The summed E-state index contributed by atoms with van der Waals surface area (Å²) in [6.45, 7) is 3.88. The van der Waals surface area contributed by atoms with E-state index in [1.54, 1.807) is 0 Å². The topological polar surface area (TPSA) is 140 Å². The maximum absolute atomic E-state index is 13.0. The Kier molecular flexibility index (Phi) is 9.23. The summed E-state index contributed by atoms with van der Waals surface area (Å²) in [5, 5.41) is 2.42. The summed E-state index contributed by atoms with van der Waals surface area (Å²) in [7, 11) is 1.40. The molecular weight excluding hydrogens is 471 g/mol. The number of alkyl halides is 3. The predicted molar refractivity (Wildman–Crippen MR) is 124 cm³/mol. The standard InChI is InChI=1S/C22H28F3N5O5/c1-13(2)12-30-19(26)18(20(33)28-21(30)34)29(10-11-35-3)17(32)9-8-16(31)27-15-6-4-14(5-7-15)22(23,24)25/h4-7,13H,8-12,26H2,1-3H3,(H,27,31)(H,28,33,34). The number of carbonyl (C=O) groups is 2. The maximum Gasteiger partial charge on any atom is 0.416 e. The Morgan fingerprint density at radius 2 is 1.80 bits per heavy atom. The molecule has 0 saturated heterocycles. The van der Waals surface area contributed by atoms with E-state index in [0.29, 0.717) is 0 Å². The molecule has 0 unspecified atom stereocenters. The van der Waals surface area contributed by atoms with E-state index < -0.39 is 34.8 Å². The van der Waals surface area contributed by atoms with Gasteiger partial charge in [-0.1, -0.05) is 13.8 Å². The van der Waals surface area contributed by atoms with Crippen molar-refractivity contribution in [2.75, 3.05) is 36.2 Å². The molecule has 0 atom stereocenters. The van der Waals surface area contributed by atoms with Crippen molar-refractivity contribution in [1.82, 2.24) is 9.55 Å². The first-order valence-electron chi connectivity index (χ1n) is 10.7. The molecule has 0 bridgehead atoms. The van der Waals surface area contributed by atoms with Gasteiger partial charge in [0, 0.05) is 38.7 Å². The third kappa shape index (κ3) is 7.44. The van der Waals surface area contributed by atoms with Crippen molar-refractivity contribution < 1.29 is 27.5 Å². The molecule has 0 radical (unpaired) electrons. The van der Waals surface area contributed by atoms with Gasteiger partial charge in [0.2, 0.25) is 11.8 Å². The number of nitrogen functional groups attached to an aromatic ring is 1. The second kappa shape index (κ2) is 11.7.